The smallest absolute Gasteiger partial charge is 0.315 e. The van der Waals surface area contributed by atoms with Crippen molar-refractivity contribution in [1.29, 1.82) is 0 Å². The highest BCUT2D eigenvalue weighted by molar-refractivity contribution is 6.31. The lowest BCUT2D eigenvalue weighted by atomic mass is 9.84. The molecule has 0 atom stereocenters. The van der Waals surface area contributed by atoms with Gasteiger partial charge in [0.1, 0.15) is 0 Å². The third-order valence-corrected chi connectivity index (χ3v) is 5.38. The van der Waals surface area contributed by atoms with Crippen LogP contribution < -0.4 is 10.6 Å². The number of carbonyl (C=O) groups is 1. The summed E-state index contributed by atoms with van der Waals surface area (Å²) in [5.41, 5.74) is 2.78. The molecule has 136 valence electrons. The maximum atomic E-state index is 12.1. The van der Waals surface area contributed by atoms with E-state index < -0.39 is 5.60 Å². The highest BCUT2D eigenvalue weighted by Gasteiger charge is 2.29. The normalized spacial score (nSPS) is 23.6. The third kappa shape index (κ3) is 4.47. The van der Waals surface area contributed by atoms with Gasteiger partial charge in [-0.15, -0.1) is 0 Å². The number of halogens is 1. The first-order chi connectivity index (χ1) is 11.8. The predicted molar refractivity (Wildman–Crippen MR) is 101 cm³/mol. The number of aliphatic hydroxyl groups is 1. The molecule has 3 rings (SSSR count). The van der Waals surface area contributed by atoms with E-state index in [4.69, 9.17) is 11.6 Å². The van der Waals surface area contributed by atoms with Gasteiger partial charge in [0.25, 0.3) is 0 Å². The van der Waals surface area contributed by atoms with Crippen LogP contribution in [0.2, 0.25) is 5.02 Å². The maximum Gasteiger partial charge on any atom is 0.315 e. The van der Waals surface area contributed by atoms with Crippen molar-refractivity contribution in [3.8, 4) is 0 Å². The number of carbonyl (C=O) groups excluding carboxylic acids is 1. The number of benzene rings is 1. The first-order valence-corrected chi connectivity index (χ1v) is 9.25. The third-order valence-electron chi connectivity index (χ3n) is 5.14. The Kier molecular flexibility index (Phi) is 5.25. The zero-order chi connectivity index (χ0) is 18.0. The summed E-state index contributed by atoms with van der Waals surface area (Å²) in [6, 6.07) is 5.82. The van der Waals surface area contributed by atoms with Crippen LogP contribution in [-0.4, -0.2) is 34.3 Å². The molecule has 1 heterocycles. The molecule has 2 amide bonds. The van der Waals surface area contributed by atoms with E-state index in [-0.39, 0.29) is 12.1 Å². The van der Waals surface area contributed by atoms with Crippen LogP contribution >= 0.6 is 11.6 Å². The highest BCUT2D eigenvalue weighted by atomic mass is 35.5. The molecule has 0 spiro atoms. The minimum atomic E-state index is -0.581. The molecule has 0 bridgehead atoms. The van der Waals surface area contributed by atoms with E-state index in [2.05, 4.69) is 15.6 Å². The molecule has 1 aromatic heterocycles. The van der Waals surface area contributed by atoms with Crippen molar-refractivity contribution < 1.29 is 9.90 Å². The fourth-order valence-corrected chi connectivity index (χ4v) is 3.77. The number of fused-ring (bicyclic) bond motifs is 1. The number of aryl methyl sites for hydroxylation is 1. The number of amides is 2. The van der Waals surface area contributed by atoms with Crippen LogP contribution in [-0.2, 0) is 6.42 Å². The Morgan fingerprint density at radius 3 is 2.84 bits per heavy atom. The monoisotopic (exact) mass is 363 g/mol. The largest absolute Gasteiger partial charge is 0.390 e. The zero-order valence-electron chi connectivity index (χ0n) is 14.8. The van der Waals surface area contributed by atoms with Gasteiger partial charge in [-0.2, -0.15) is 0 Å². The molecule has 4 N–H and O–H groups in total. The van der Waals surface area contributed by atoms with E-state index in [0.29, 0.717) is 11.6 Å². The van der Waals surface area contributed by atoms with E-state index in [1.165, 1.54) is 5.56 Å². The summed E-state index contributed by atoms with van der Waals surface area (Å²) < 4.78 is 0. The Hall–Kier alpha value is -1.72. The van der Waals surface area contributed by atoms with Crippen LogP contribution in [0.1, 0.15) is 43.9 Å². The summed E-state index contributed by atoms with van der Waals surface area (Å²) in [5, 5.41) is 17.7. The number of H-pyrrole nitrogens is 1. The molecule has 0 unspecified atom stereocenters. The van der Waals surface area contributed by atoms with Crippen LogP contribution in [0.4, 0.5) is 4.79 Å². The van der Waals surface area contributed by atoms with Crippen molar-refractivity contribution in [1.82, 2.24) is 15.6 Å². The van der Waals surface area contributed by atoms with E-state index in [1.54, 1.807) is 0 Å². The number of rotatable bonds is 4. The van der Waals surface area contributed by atoms with Crippen molar-refractivity contribution >= 4 is 28.5 Å². The Labute approximate surface area is 153 Å². The fraction of sp³-hybridized carbons (Fsp3) is 0.526. The van der Waals surface area contributed by atoms with Crippen LogP contribution in [0.5, 0.6) is 0 Å². The summed E-state index contributed by atoms with van der Waals surface area (Å²) in [5.74, 6) is 0. The molecule has 1 aliphatic carbocycles. The van der Waals surface area contributed by atoms with Crippen molar-refractivity contribution in [2.75, 3.05) is 6.54 Å². The van der Waals surface area contributed by atoms with Crippen molar-refractivity contribution in [3.05, 3.63) is 34.5 Å². The average Bonchev–Trinajstić information content (AvgIpc) is 2.85. The van der Waals surface area contributed by atoms with Gasteiger partial charge >= 0.3 is 6.03 Å². The minimum absolute atomic E-state index is 0.137. The van der Waals surface area contributed by atoms with Crippen LogP contribution in [0.3, 0.4) is 0 Å². The molecule has 25 heavy (non-hydrogen) atoms. The van der Waals surface area contributed by atoms with Gasteiger partial charge in [0, 0.05) is 34.2 Å². The summed E-state index contributed by atoms with van der Waals surface area (Å²) in [7, 11) is 0. The molecule has 1 aromatic carbocycles. The number of aromatic nitrogens is 1. The number of urea groups is 1. The van der Waals surface area contributed by atoms with Gasteiger partial charge in [0.15, 0.2) is 0 Å². The van der Waals surface area contributed by atoms with Crippen molar-refractivity contribution in [3.63, 3.8) is 0 Å². The van der Waals surface area contributed by atoms with Gasteiger partial charge in [-0.3, -0.25) is 0 Å². The zero-order valence-corrected chi connectivity index (χ0v) is 15.5. The summed E-state index contributed by atoms with van der Waals surface area (Å²) in [6.45, 7) is 4.47. The number of hydrogen-bond donors (Lipinski definition) is 4. The lowest BCUT2D eigenvalue weighted by Gasteiger charge is -2.33. The lowest BCUT2D eigenvalue weighted by molar-refractivity contribution is 0.0152. The number of aromatic amines is 1. The quantitative estimate of drug-likeness (QED) is 0.669. The van der Waals surface area contributed by atoms with Gasteiger partial charge in [-0.25, -0.2) is 4.79 Å². The van der Waals surface area contributed by atoms with Crippen LogP contribution in [0, 0.1) is 6.92 Å². The second kappa shape index (κ2) is 7.26. The van der Waals surface area contributed by atoms with Gasteiger partial charge in [-0.1, -0.05) is 11.6 Å². The van der Waals surface area contributed by atoms with Crippen molar-refractivity contribution in [2.45, 2.75) is 57.6 Å². The van der Waals surface area contributed by atoms with Gasteiger partial charge < -0.3 is 20.7 Å². The molecular formula is C19H26ClN3O2. The Morgan fingerprint density at radius 1 is 1.40 bits per heavy atom. The first kappa shape index (κ1) is 18.1. The van der Waals surface area contributed by atoms with Crippen molar-refractivity contribution in [2.24, 2.45) is 0 Å². The maximum absolute atomic E-state index is 12.1. The minimum Gasteiger partial charge on any atom is -0.390 e. The van der Waals surface area contributed by atoms with E-state index >= 15 is 0 Å². The Bertz CT molecular complexity index is 759. The molecule has 0 aliphatic heterocycles. The van der Waals surface area contributed by atoms with E-state index in [9.17, 15) is 9.90 Å². The summed E-state index contributed by atoms with van der Waals surface area (Å²) >= 11 is 6.10. The van der Waals surface area contributed by atoms with Gasteiger partial charge in [0.05, 0.1) is 5.60 Å². The summed E-state index contributed by atoms with van der Waals surface area (Å²) in [6.07, 6.45) is 3.85. The molecule has 5 nitrogen and oxygen atoms in total. The second-order valence-corrected chi connectivity index (χ2v) is 7.78. The van der Waals surface area contributed by atoms with E-state index in [0.717, 1.165) is 48.7 Å². The fourth-order valence-electron chi connectivity index (χ4n) is 3.60. The highest BCUT2D eigenvalue weighted by Crippen LogP contribution is 2.28. The van der Waals surface area contributed by atoms with Crippen LogP contribution in [0.15, 0.2) is 18.2 Å². The van der Waals surface area contributed by atoms with Gasteiger partial charge in [-0.05, 0) is 69.7 Å². The first-order valence-electron chi connectivity index (χ1n) is 8.87. The van der Waals surface area contributed by atoms with Crippen LogP contribution in [0.25, 0.3) is 10.9 Å². The molecular weight excluding hydrogens is 338 g/mol. The Morgan fingerprint density at radius 2 is 2.12 bits per heavy atom. The lowest BCUT2D eigenvalue weighted by Crippen LogP contribution is -2.46. The molecule has 1 saturated carbocycles. The molecule has 0 radical (unpaired) electrons. The number of nitrogens with one attached hydrogen (secondary N) is 3. The predicted octanol–water partition coefficient (Wildman–Crippen LogP) is 3.67. The average molecular weight is 364 g/mol. The standard InChI is InChI=1S/C19H26ClN3O2/c1-12-15(16-11-13(20)3-4-17(16)22-12)7-10-21-18(24)23-14-5-8-19(2,25)9-6-14/h3-4,11,14,22,25H,5-10H2,1-2H3,(H2,21,23,24). The van der Waals surface area contributed by atoms with Gasteiger partial charge in [0.2, 0.25) is 0 Å². The molecule has 6 heteroatoms. The Balaban J connectivity index is 1.51. The SMILES string of the molecule is Cc1[nH]c2ccc(Cl)cc2c1CCNC(=O)NC1CCC(C)(O)CC1. The molecule has 2 aromatic rings. The second-order valence-electron chi connectivity index (χ2n) is 7.34. The molecule has 1 aliphatic rings. The summed E-state index contributed by atoms with van der Waals surface area (Å²) in [4.78, 5) is 15.4. The molecule has 1 fully saturated rings. The number of hydrogen-bond acceptors (Lipinski definition) is 2. The topological polar surface area (TPSA) is 77.2 Å². The van der Waals surface area contributed by atoms with E-state index in [1.807, 2.05) is 32.0 Å². The molecule has 0 saturated heterocycles.